The van der Waals surface area contributed by atoms with Gasteiger partial charge in [-0.05, 0) is 39.7 Å². The highest BCUT2D eigenvalue weighted by Crippen LogP contribution is 2.50. The van der Waals surface area contributed by atoms with Crippen molar-refractivity contribution in [1.29, 1.82) is 0 Å². The van der Waals surface area contributed by atoms with E-state index in [0.717, 1.165) is 18.4 Å². The first-order valence-corrected chi connectivity index (χ1v) is 8.98. The number of allylic oxidation sites excluding steroid dienone is 1. The van der Waals surface area contributed by atoms with Crippen LogP contribution in [0.15, 0.2) is 35.5 Å². The molecular weight excluding hydrogens is 336 g/mol. The highest BCUT2D eigenvalue weighted by molar-refractivity contribution is 5.91. The summed E-state index contributed by atoms with van der Waals surface area (Å²) in [5.41, 5.74) is 1.40. The van der Waals surface area contributed by atoms with Crippen molar-refractivity contribution >= 4 is 11.9 Å². The smallest absolute Gasteiger partial charge is 0.334 e. The Hall–Kier alpha value is -1.92. The van der Waals surface area contributed by atoms with E-state index in [-0.39, 0.29) is 18.3 Å². The number of esters is 2. The third kappa shape index (κ3) is 3.48. The largest absolute Gasteiger partial charge is 0.458 e. The van der Waals surface area contributed by atoms with Gasteiger partial charge in [0.1, 0.15) is 18.3 Å². The molecule has 2 fully saturated rings. The summed E-state index contributed by atoms with van der Waals surface area (Å²) in [6.45, 7) is 9.25. The van der Waals surface area contributed by atoms with Crippen molar-refractivity contribution in [2.75, 3.05) is 6.61 Å². The Morgan fingerprint density at radius 3 is 2.96 bits per heavy atom. The van der Waals surface area contributed by atoms with Crippen LogP contribution in [0.2, 0.25) is 0 Å². The third-order valence-electron chi connectivity index (χ3n) is 5.54. The van der Waals surface area contributed by atoms with Crippen molar-refractivity contribution in [3.05, 3.63) is 35.5 Å². The van der Waals surface area contributed by atoms with Crippen LogP contribution in [0, 0.1) is 5.92 Å². The minimum absolute atomic E-state index is 0.210. The quantitative estimate of drug-likeness (QED) is 0.359. The number of fused-ring (bicyclic) bond motifs is 3. The molecule has 3 rings (SSSR count). The Balaban J connectivity index is 1.92. The predicted octanol–water partition coefficient (Wildman–Crippen LogP) is 2.22. The molecule has 0 amide bonds. The molecule has 6 nitrogen and oxygen atoms in total. The Kier molecular flexibility index (Phi) is 5.08. The van der Waals surface area contributed by atoms with Gasteiger partial charge in [0.05, 0.1) is 18.1 Å². The van der Waals surface area contributed by atoms with Crippen LogP contribution in [0.5, 0.6) is 0 Å². The molecule has 1 N–H and O–H groups in total. The van der Waals surface area contributed by atoms with Gasteiger partial charge in [0, 0.05) is 17.6 Å². The summed E-state index contributed by atoms with van der Waals surface area (Å²) in [4.78, 5) is 24.6. The summed E-state index contributed by atoms with van der Waals surface area (Å²) in [5.74, 6) is -1.41. The minimum atomic E-state index is -0.573. The number of epoxide rings is 1. The topological polar surface area (TPSA) is 85.4 Å². The number of carbonyl (C=O) groups excluding carboxylic acids is 2. The van der Waals surface area contributed by atoms with E-state index in [2.05, 4.69) is 12.7 Å². The van der Waals surface area contributed by atoms with E-state index in [1.165, 1.54) is 6.08 Å². The lowest BCUT2D eigenvalue weighted by Crippen LogP contribution is -2.38. The summed E-state index contributed by atoms with van der Waals surface area (Å²) in [6.07, 6.45) is 4.45. The highest BCUT2D eigenvalue weighted by Gasteiger charge is 2.63. The third-order valence-corrected chi connectivity index (χ3v) is 5.54. The molecule has 6 heteroatoms. The Morgan fingerprint density at radius 2 is 2.27 bits per heavy atom. The van der Waals surface area contributed by atoms with E-state index in [1.807, 2.05) is 13.8 Å². The van der Waals surface area contributed by atoms with Crippen LogP contribution in [0.4, 0.5) is 0 Å². The number of aliphatic hydroxyl groups excluding tert-OH is 1. The van der Waals surface area contributed by atoms with Gasteiger partial charge in [-0.25, -0.2) is 9.59 Å². The van der Waals surface area contributed by atoms with E-state index in [1.54, 1.807) is 6.92 Å². The molecule has 2 heterocycles. The van der Waals surface area contributed by atoms with Gasteiger partial charge in [-0.1, -0.05) is 18.2 Å². The number of rotatable bonds is 3. The summed E-state index contributed by atoms with van der Waals surface area (Å²) in [7, 11) is 0. The first-order valence-electron chi connectivity index (χ1n) is 8.98. The van der Waals surface area contributed by atoms with E-state index in [4.69, 9.17) is 19.3 Å². The summed E-state index contributed by atoms with van der Waals surface area (Å²) in [5, 5.41) is 8.99. The second-order valence-electron chi connectivity index (χ2n) is 7.58. The highest BCUT2D eigenvalue weighted by atomic mass is 16.6. The van der Waals surface area contributed by atoms with Gasteiger partial charge >= 0.3 is 11.9 Å². The van der Waals surface area contributed by atoms with Crippen molar-refractivity contribution in [3.8, 4) is 0 Å². The SMILES string of the molecule is C=C1C(=O)O[C@H]2C1[C@H](OC(=O)/C(C)=C/CO)CC(C)=CCC[C@@]1(C)OC21. The molecule has 142 valence electrons. The molecule has 0 aromatic heterocycles. The molecular formula is C20H26O6. The lowest BCUT2D eigenvalue weighted by Gasteiger charge is -2.28. The lowest BCUT2D eigenvalue weighted by atomic mass is 9.82. The lowest BCUT2D eigenvalue weighted by molar-refractivity contribution is -0.148. The van der Waals surface area contributed by atoms with Gasteiger partial charge in [-0.3, -0.25) is 0 Å². The van der Waals surface area contributed by atoms with E-state index >= 15 is 0 Å². The number of hydrogen-bond donors (Lipinski definition) is 1. The number of carbonyl (C=O) groups is 2. The minimum Gasteiger partial charge on any atom is -0.458 e. The maximum atomic E-state index is 12.4. The standard InChI is InChI=1S/C20H26O6/c1-11-6-5-8-20(4)17(26-20)16-15(13(3)19(23)25-16)14(10-11)24-18(22)12(2)7-9-21/h6-7,14-17,21H,3,5,8-10H2,1-2,4H3/b11-6?,12-7+/t14-,15?,16+,17?,20-/m1/s1. The molecule has 0 aromatic carbocycles. The first-order chi connectivity index (χ1) is 12.3. The second-order valence-corrected chi connectivity index (χ2v) is 7.58. The fraction of sp³-hybridized carbons (Fsp3) is 0.600. The van der Waals surface area contributed by atoms with Crippen LogP contribution in [-0.2, 0) is 23.8 Å². The van der Waals surface area contributed by atoms with E-state index in [9.17, 15) is 9.59 Å². The van der Waals surface area contributed by atoms with Gasteiger partial charge in [0.15, 0.2) is 0 Å². The molecule has 0 bridgehead atoms. The van der Waals surface area contributed by atoms with E-state index in [0.29, 0.717) is 17.6 Å². The molecule has 1 aliphatic carbocycles. The molecule has 5 atom stereocenters. The first kappa shape index (κ1) is 18.9. The summed E-state index contributed by atoms with van der Waals surface area (Å²) < 4.78 is 17.2. The maximum absolute atomic E-state index is 12.4. The normalized spacial score (nSPS) is 37.2. The van der Waals surface area contributed by atoms with Crippen LogP contribution in [-0.4, -0.2) is 47.6 Å². The zero-order chi connectivity index (χ0) is 19.1. The predicted molar refractivity (Wildman–Crippen MR) is 94.1 cm³/mol. The van der Waals surface area contributed by atoms with Crippen molar-refractivity contribution in [2.45, 2.75) is 63.9 Å². The van der Waals surface area contributed by atoms with Gasteiger partial charge < -0.3 is 19.3 Å². The number of aliphatic hydroxyl groups is 1. The number of hydrogen-bond acceptors (Lipinski definition) is 6. The van der Waals surface area contributed by atoms with Gasteiger partial charge in [-0.2, -0.15) is 0 Å². The van der Waals surface area contributed by atoms with Crippen molar-refractivity contribution in [3.63, 3.8) is 0 Å². The second kappa shape index (κ2) is 7.00. The van der Waals surface area contributed by atoms with Gasteiger partial charge in [-0.15, -0.1) is 0 Å². The van der Waals surface area contributed by atoms with Crippen molar-refractivity contribution in [2.24, 2.45) is 5.92 Å². The van der Waals surface area contributed by atoms with Crippen LogP contribution >= 0.6 is 0 Å². The zero-order valence-corrected chi connectivity index (χ0v) is 15.5. The van der Waals surface area contributed by atoms with Crippen LogP contribution in [0.3, 0.4) is 0 Å². The summed E-state index contributed by atoms with van der Waals surface area (Å²) in [6, 6.07) is 0. The Labute approximate surface area is 153 Å². The average molecular weight is 362 g/mol. The van der Waals surface area contributed by atoms with Crippen LogP contribution < -0.4 is 0 Å². The molecule has 0 radical (unpaired) electrons. The summed E-state index contributed by atoms with van der Waals surface area (Å²) >= 11 is 0. The molecule has 26 heavy (non-hydrogen) atoms. The zero-order valence-electron chi connectivity index (χ0n) is 15.5. The molecule has 3 aliphatic rings. The van der Waals surface area contributed by atoms with Gasteiger partial charge in [0.2, 0.25) is 0 Å². The molecule has 0 saturated carbocycles. The monoisotopic (exact) mass is 362 g/mol. The van der Waals surface area contributed by atoms with Crippen molar-refractivity contribution in [1.82, 2.24) is 0 Å². The molecule has 2 aliphatic heterocycles. The molecule has 0 spiro atoms. The number of ether oxygens (including phenoxy) is 3. The Bertz CT molecular complexity index is 690. The fourth-order valence-corrected chi connectivity index (χ4v) is 3.86. The van der Waals surface area contributed by atoms with Crippen LogP contribution in [0.25, 0.3) is 0 Å². The van der Waals surface area contributed by atoms with Gasteiger partial charge in [0.25, 0.3) is 0 Å². The van der Waals surface area contributed by atoms with Crippen LogP contribution in [0.1, 0.15) is 40.0 Å². The molecule has 0 aromatic rings. The van der Waals surface area contributed by atoms with Crippen molar-refractivity contribution < 1.29 is 28.9 Å². The maximum Gasteiger partial charge on any atom is 0.334 e. The fourth-order valence-electron chi connectivity index (χ4n) is 3.86. The molecule has 2 saturated heterocycles. The van der Waals surface area contributed by atoms with E-state index < -0.39 is 30.1 Å². The molecule has 2 unspecified atom stereocenters. The average Bonchev–Trinajstić information content (AvgIpc) is 3.15. The Morgan fingerprint density at radius 1 is 1.54 bits per heavy atom.